The number of nitrogens with one attached hydrogen (secondary N) is 1. The maximum atomic E-state index is 12.8. The minimum Gasteiger partial charge on any atom is -0.478 e. The Morgan fingerprint density at radius 3 is 2.55 bits per heavy atom. The number of fused-ring (bicyclic) bond motifs is 1. The number of carbonyl (C=O) groups excluding carboxylic acids is 1. The lowest BCUT2D eigenvalue weighted by atomic mass is 10.1. The van der Waals surface area contributed by atoms with Gasteiger partial charge in [-0.15, -0.1) is 0 Å². The van der Waals surface area contributed by atoms with E-state index in [1.165, 1.54) is 0 Å². The van der Waals surface area contributed by atoms with Crippen molar-refractivity contribution in [3.8, 4) is 17.2 Å². The van der Waals surface area contributed by atoms with Crippen molar-refractivity contribution in [3.63, 3.8) is 0 Å². The van der Waals surface area contributed by atoms with Crippen molar-refractivity contribution >= 4 is 61.8 Å². The summed E-state index contributed by atoms with van der Waals surface area (Å²) in [6, 6.07) is 17.6. The van der Waals surface area contributed by atoms with Gasteiger partial charge in [-0.1, -0.05) is 39.1 Å². The van der Waals surface area contributed by atoms with E-state index in [1.807, 2.05) is 12.1 Å². The fourth-order valence-electron chi connectivity index (χ4n) is 2.91. The third-order valence-electron chi connectivity index (χ3n) is 4.54. The van der Waals surface area contributed by atoms with E-state index in [4.69, 9.17) is 32.4 Å². The summed E-state index contributed by atoms with van der Waals surface area (Å²) in [4.78, 5) is 17.3. The largest absolute Gasteiger partial charge is 0.478 e. The molecule has 31 heavy (non-hydrogen) atoms. The summed E-state index contributed by atoms with van der Waals surface area (Å²) in [5.41, 5.74) is 1.22. The van der Waals surface area contributed by atoms with E-state index in [0.717, 1.165) is 4.47 Å². The maximum absolute atomic E-state index is 12.8. The molecule has 0 radical (unpaired) electrons. The van der Waals surface area contributed by atoms with E-state index in [-0.39, 0.29) is 5.91 Å². The second-order valence-corrected chi connectivity index (χ2v) is 9.11. The van der Waals surface area contributed by atoms with Crippen molar-refractivity contribution in [1.29, 1.82) is 0 Å². The van der Waals surface area contributed by atoms with Crippen LogP contribution in [0.5, 0.6) is 5.75 Å². The number of amides is 1. The lowest BCUT2D eigenvalue weighted by Gasteiger charge is -2.25. The molecule has 0 aliphatic heterocycles. The highest BCUT2D eigenvalue weighted by Crippen LogP contribution is 2.33. The number of halogens is 3. The molecule has 1 amide bonds. The molecule has 0 unspecified atom stereocenters. The fraction of sp³-hybridized carbons (Fsp3) is 0.130. The number of aromatic nitrogens is 1. The van der Waals surface area contributed by atoms with Gasteiger partial charge in [0.2, 0.25) is 5.89 Å². The summed E-state index contributed by atoms with van der Waals surface area (Å²) >= 11 is 15.7. The molecule has 0 saturated carbocycles. The Bertz CT molecular complexity index is 1270. The van der Waals surface area contributed by atoms with Gasteiger partial charge in [-0.2, -0.15) is 0 Å². The van der Waals surface area contributed by atoms with Crippen molar-refractivity contribution in [2.24, 2.45) is 0 Å². The van der Waals surface area contributed by atoms with Crippen LogP contribution in [-0.4, -0.2) is 16.5 Å². The molecule has 1 aromatic heterocycles. The van der Waals surface area contributed by atoms with E-state index in [0.29, 0.717) is 44.0 Å². The van der Waals surface area contributed by atoms with Gasteiger partial charge in [0, 0.05) is 15.2 Å². The van der Waals surface area contributed by atoms with Crippen LogP contribution in [0.2, 0.25) is 10.0 Å². The summed E-state index contributed by atoms with van der Waals surface area (Å²) in [5.74, 6) is 0.652. The lowest BCUT2D eigenvalue weighted by molar-refractivity contribution is -0.128. The molecule has 0 fully saturated rings. The van der Waals surface area contributed by atoms with Crippen LogP contribution in [0.15, 0.2) is 69.6 Å². The molecule has 0 aliphatic carbocycles. The van der Waals surface area contributed by atoms with Crippen molar-refractivity contribution in [3.05, 3.63) is 75.2 Å². The molecule has 0 atom stereocenters. The van der Waals surface area contributed by atoms with Crippen LogP contribution < -0.4 is 10.1 Å². The molecule has 0 aliphatic rings. The molecular formula is C23H17BrCl2N2O3. The SMILES string of the molecule is CC(C)(Oc1ccc(Br)cc1)C(=O)Nc1ccc2oc(-c3cc(Cl)ccc3Cl)nc2c1. The number of rotatable bonds is 5. The highest BCUT2D eigenvalue weighted by Gasteiger charge is 2.30. The van der Waals surface area contributed by atoms with Gasteiger partial charge in [0.25, 0.3) is 5.91 Å². The van der Waals surface area contributed by atoms with Crippen molar-refractivity contribution in [2.75, 3.05) is 5.32 Å². The number of nitrogens with zero attached hydrogens (tertiary/aromatic N) is 1. The van der Waals surface area contributed by atoms with Gasteiger partial charge in [-0.25, -0.2) is 4.98 Å². The Labute approximate surface area is 197 Å². The Hall–Kier alpha value is -2.54. The second-order valence-electron chi connectivity index (χ2n) is 7.35. The van der Waals surface area contributed by atoms with Crippen LogP contribution in [0.25, 0.3) is 22.6 Å². The van der Waals surface area contributed by atoms with Crippen LogP contribution in [-0.2, 0) is 4.79 Å². The summed E-state index contributed by atoms with van der Waals surface area (Å²) in [5, 5.41) is 3.89. The maximum Gasteiger partial charge on any atom is 0.267 e. The second kappa shape index (κ2) is 8.54. The Morgan fingerprint density at radius 1 is 1.06 bits per heavy atom. The first-order chi connectivity index (χ1) is 14.7. The smallest absolute Gasteiger partial charge is 0.267 e. The summed E-state index contributed by atoms with van der Waals surface area (Å²) < 4.78 is 12.6. The van der Waals surface area contributed by atoms with Crippen LogP contribution in [0.3, 0.4) is 0 Å². The predicted molar refractivity (Wildman–Crippen MR) is 127 cm³/mol. The molecule has 1 N–H and O–H groups in total. The first-order valence-electron chi connectivity index (χ1n) is 9.33. The average Bonchev–Trinajstić information content (AvgIpc) is 3.14. The number of carbonyl (C=O) groups is 1. The normalized spacial score (nSPS) is 11.5. The first-order valence-corrected chi connectivity index (χ1v) is 10.9. The predicted octanol–water partition coefficient (Wildman–Crippen LogP) is 7.36. The van der Waals surface area contributed by atoms with Crippen LogP contribution in [0.4, 0.5) is 5.69 Å². The van der Waals surface area contributed by atoms with E-state index in [9.17, 15) is 4.79 Å². The number of benzene rings is 3. The van der Waals surface area contributed by atoms with Crippen LogP contribution >= 0.6 is 39.1 Å². The highest BCUT2D eigenvalue weighted by atomic mass is 79.9. The third-order valence-corrected chi connectivity index (χ3v) is 5.63. The number of hydrogen-bond acceptors (Lipinski definition) is 4. The molecule has 8 heteroatoms. The molecule has 4 aromatic rings. The molecule has 1 heterocycles. The summed E-state index contributed by atoms with van der Waals surface area (Å²) in [6.45, 7) is 3.41. The molecule has 0 bridgehead atoms. The monoisotopic (exact) mass is 518 g/mol. The van der Waals surface area contributed by atoms with Gasteiger partial charge in [0.1, 0.15) is 11.3 Å². The molecule has 0 saturated heterocycles. The number of hydrogen-bond donors (Lipinski definition) is 1. The van der Waals surface area contributed by atoms with Crippen molar-refractivity contribution in [1.82, 2.24) is 4.98 Å². The summed E-state index contributed by atoms with van der Waals surface area (Å²) in [7, 11) is 0. The zero-order valence-electron chi connectivity index (χ0n) is 16.6. The Balaban J connectivity index is 1.55. The number of ether oxygens (including phenoxy) is 1. The van der Waals surface area contributed by atoms with E-state index in [2.05, 4.69) is 26.2 Å². The van der Waals surface area contributed by atoms with Crippen molar-refractivity contribution in [2.45, 2.75) is 19.4 Å². The Kier molecular flexibility index (Phi) is 5.97. The van der Waals surface area contributed by atoms with Crippen LogP contribution in [0, 0.1) is 0 Å². The molecule has 4 rings (SSSR count). The van der Waals surface area contributed by atoms with Gasteiger partial charge < -0.3 is 14.5 Å². The van der Waals surface area contributed by atoms with E-state index in [1.54, 1.807) is 62.4 Å². The standard InChI is InChI=1S/C23H17BrCl2N2O3/c1-23(2,31-16-7-3-13(24)4-8-16)22(29)27-15-6-10-20-19(12-15)28-21(30-20)17-11-14(25)5-9-18(17)26/h3-12H,1-2H3,(H,27,29). The Morgan fingerprint density at radius 2 is 1.81 bits per heavy atom. The minimum atomic E-state index is -1.09. The van der Waals surface area contributed by atoms with E-state index >= 15 is 0 Å². The molecule has 0 spiro atoms. The van der Waals surface area contributed by atoms with Crippen LogP contribution in [0.1, 0.15) is 13.8 Å². The average molecular weight is 520 g/mol. The number of oxazole rings is 1. The fourth-order valence-corrected chi connectivity index (χ4v) is 3.54. The van der Waals surface area contributed by atoms with Gasteiger partial charge in [-0.05, 0) is 74.5 Å². The third kappa shape index (κ3) is 4.87. The molecule has 5 nitrogen and oxygen atoms in total. The molecule has 3 aromatic carbocycles. The number of anilines is 1. The minimum absolute atomic E-state index is 0.295. The first kappa shape index (κ1) is 21.7. The van der Waals surface area contributed by atoms with Gasteiger partial charge in [-0.3, -0.25) is 4.79 Å². The lowest BCUT2D eigenvalue weighted by Crippen LogP contribution is -2.42. The quantitative estimate of drug-likeness (QED) is 0.299. The zero-order valence-corrected chi connectivity index (χ0v) is 19.7. The van der Waals surface area contributed by atoms with Gasteiger partial charge >= 0.3 is 0 Å². The zero-order chi connectivity index (χ0) is 22.2. The van der Waals surface area contributed by atoms with Crippen molar-refractivity contribution < 1.29 is 13.9 Å². The topological polar surface area (TPSA) is 64.4 Å². The van der Waals surface area contributed by atoms with Gasteiger partial charge in [0.05, 0.1) is 10.6 Å². The highest BCUT2D eigenvalue weighted by molar-refractivity contribution is 9.10. The summed E-state index contributed by atoms with van der Waals surface area (Å²) in [6.07, 6.45) is 0. The molecule has 158 valence electrons. The van der Waals surface area contributed by atoms with Gasteiger partial charge in [0.15, 0.2) is 11.2 Å². The molecular weight excluding hydrogens is 503 g/mol. The van der Waals surface area contributed by atoms with E-state index < -0.39 is 5.60 Å².